The normalized spacial score (nSPS) is 22.7. The fraction of sp³-hybridized carbons (Fsp3) is 0.417. The molecule has 0 radical (unpaired) electrons. The van der Waals surface area contributed by atoms with Gasteiger partial charge in [-0.2, -0.15) is 0 Å². The smallest absolute Gasteiger partial charge is 0.320 e. The van der Waals surface area contributed by atoms with Crippen molar-refractivity contribution in [2.75, 3.05) is 12.8 Å². The molecule has 1 aliphatic heterocycles. The highest BCUT2D eigenvalue weighted by Crippen LogP contribution is 2.36. The predicted molar refractivity (Wildman–Crippen MR) is 66.1 cm³/mol. The second-order valence-electron chi connectivity index (χ2n) is 4.51. The van der Waals surface area contributed by atoms with Crippen LogP contribution in [0.5, 0.6) is 0 Å². The zero-order valence-corrected chi connectivity index (χ0v) is 11.0. The molecule has 18 heavy (non-hydrogen) atoms. The van der Waals surface area contributed by atoms with Gasteiger partial charge in [-0.05, 0) is 25.6 Å². The van der Waals surface area contributed by atoms with Crippen LogP contribution < -0.4 is 0 Å². The molecule has 0 bridgehead atoms. The van der Waals surface area contributed by atoms with Crippen LogP contribution in [0.1, 0.15) is 18.5 Å². The van der Waals surface area contributed by atoms with Gasteiger partial charge in [0, 0.05) is 0 Å². The maximum Gasteiger partial charge on any atom is 0.320 e. The number of hydrogen-bond donors (Lipinski definition) is 1. The largest absolute Gasteiger partial charge is 0.480 e. The molecule has 2 rings (SSSR count). The van der Waals surface area contributed by atoms with Crippen LogP contribution in [0.3, 0.4) is 0 Å². The summed E-state index contributed by atoms with van der Waals surface area (Å²) < 4.78 is 24.0. The van der Waals surface area contributed by atoms with Crippen molar-refractivity contribution in [3.05, 3.63) is 29.8 Å². The topological polar surface area (TPSA) is 74.7 Å². The lowest BCUT2D eigenvalue weighted by Gasteiger charge is -2.27. The molecule has 5 nitrogen and oxygen atoms in total. The van der Waals surface area contributed by atoms with Crippen LogP contribution in [0.25, 0.3) is 0 Å². The Morgan fingerprint density at radius 3 is 2.67 bits per heavy atom. The number of nitrogens with zero attached hydrogens (tertiary/aromatic N) is 1. The molecule has 0 amide bonds. The second kappa shape index (κ2) is 4.37. The van der Waals surface area contributed by atoms with E-state index in [1.165, 1.54) is 0 Å². The molecule has 98 valence electrons. The van der Waals surface area contributed by atoms with Gasteiger partial charge in [0.15, 0.2) is 9.84 Å². The predicted octanol–water partition coefficient (Wildman–Crippen LogP) is 0.920. The molecule has 1 aliphatic rings. The SMILES string of the molecule is CC(C(=O)O)N(C)C1CS(=O)(=O)c2ccccc21. The first kappa shape index (κ1) is 13.0. The Kier molecular flexibility index (Phi) is 3.16. The maximum atomic E-state index is 12.0. The fourth-order valence-electron chi connectivity index (χ4n) is 2.21. The van der Waals surface area contributed by atoms with E-state index in [9.17, 15) is 13.2 Å². The Balaban J connectivity index is 2.42. The molecule has 0 aromatic heterocycles. The number of rotatable bonds is 3. The van der Waals surface area contributed by atoms with Crippen LogP contribution in [0, 0.1) is 0 Å². The van der Waals surface area contributed by atoms with Gasteiger partial charge in [0.1, 0.15) is 6.04 Å². The summed E-state index contributed by atoms with van der Waals surface area (Å²) in [6.07, 6.45) is 0. The average Bonchev–Trinajstić information content (AvgIpc) is 2.60. The molecular weight excluding hydrogens is 254 g/mol. The van der Waals surface area contributed by atoms with E-state index in [1.807, 2.05) is 0 Å². The number of carbonyl (C=O) groups is 1. The van der Waals surface area contributed by atoms with Crippen LogP contribution in [0.2, 0.25) is 0 Å². The van der Waals surface area contributed by atoms with E-state index in [1.54, 1.807) is 43.1 Å². The molecule has 0 aliphatic carbocycles. The van der Waals surface area contributed by atoms with Gasteiger partial charge < -0.3 is 5.11 Å². The molecule has 1 N–H and O–H groups in total. The summed E-state index contributed by atoms with van der Waals surface area (Å²) in [5, 5.41) is 9.00. The number of sulfone groups is 1. The summed E-state index contributed by atoms with van der Waals surface area (Å²) in [5.41, 5.74) is 0.688. The third-order valence-corrected chi connectivity index (χ3v) is 5.25. The van der Waals surface area contributed by atoms with Crippen molar-refractivity contribution < 1.29 is 18.3 Å². The summed E-state index contributed by atoms with van der Waals surface area (Å²) in [6, 6.07) is 5.65. The van der Waals surface area contributed by atoms with Crippen LogP contribution >= 0.6 is 0 Å². The standard InChI is InChI=1S/C12H15NO4S/c1-8(12(14)15)13(2)10-7-18(16,17)11-6-4-3-5-9(10)11/h3-6,8,10H,7H2,1-2H3,(H,14,15). The number of fused-ring (bicyclic) bond motifs is 1. The number of likely N-dealkylation sites (N-methyl/N-ethyl adjacent to an activating group) is 1. The summed E-state index contributed by atoms with van der Waals surface area (Å²) in [5.74, 6) is -1.01. The summed E-state index contributed by atoms with van der Waals surface area (Å²) >= 11 is 0. The number of carboxylic acids is 1. The number of benzene rings is 1. The van der Waals surface area contributed by atoms with Crippen molar-refractivity contribution in [1.29, 1.82) is 0 Å². The van der Waals surface area contributed by atoms with Gasteiger partial charge in [-0.25, -0.2) is 8.42 Å². The number of carboxylic acid groups (broad SMARTS) is 1. The second-order valence-corrected chi connectivity index (χ2v) is 6.52. The van der Waals surface area contributed by atoms with E-state index in [2.05, 4.69) is 0 Å². The van der Waals surface area contributed by atoms with E-state index in [-0.39, 0.29) is 5.75 Å². The van der Waals surface area contributed by atoms with Gasteiger partial charge >= 0.3 is 5.97 Å². The molecule has 0 fully saturated rings. The molecule has 1 aromatic rings. The summed E-state index contributed by atoms with van der Waals surface area (Å²) in [4.78, 5) is 12.9. The Hall–Kier alpha value is -1.40. The van der Waals surface area contributed by atoms with Crippen LogP contribution in [0.15, 0.2) is 29.2 Å². The minimum Gasteiger partial charge on any atom is -0.480 e. The highest BCUT2D eigenvalue weighted by molar-refractivity contribution is 7.91. The molecule has 0 spiro atoms. The van der Waals surface area contributed by atoms with Crippen molar-refractivity contribution >= 4 is 15.8 Å². The molecule has 0 saturated heterocycles. The minimum absolute atomic E-state index is 0.0551. The number of hydrogen-bond acceptors (Lipinski definition) is 4. The van der Waals surface area contributed by atoms with Gasteiger partial charge in [0.2, 0.25) is 0 Å². The van der Waals surface area contributed by atoms with E-state index >= 15 is 0 Å². The highest BCUT2D eigenvalue weighted by Gasteiger charge is 2.38. The molecule has 0 saturated carbocycles. The Morgan fingerprint density at radius 2 is 2.06 bits per heavy atom. The van der Waals surface area contributed by atoms with Gasteiger partial charge in [0.05, 0.1) is 16.7 Å². The first-order chi connectivity index (χ1) is 8.34. The van der Waals surface area contributed by atoms with Crippen molar-refractivity contribution in [2.24, 2.45) is 0 Å². The van der Waals surface area contributed by atoms with Gasteiger partial charge in [-0.15, -0.1) is 0 Å². The summed E-state index contributed by atoms with van der Waals surface area (Å²) in [7, 11) is -1.65. The van der Waals surface area contributed by atoms with Crippen molar-refractivity contribution in [3.63, 3.8) is 0 Å². The van der Waals surface area contributed by atoms with Crippen molar-refractivity contribution in [3.8, 4) is 0 Å². The monoisotopic (exact) mass is 269 g/mol. The van der Waals surface area contributed by atoms with Crippen LogP contribution in [-0.2, 0) is 14.6 Å². The quantitative estimate of drug-likeness (QED) is 0.883. The van der Waals surface area contributed by atoms with Gasteiger partial charge in [-0.1, -0.05) is 18.2 Å². The minimum atomic E-state index is -3.29. The lowest BCUT2D eigenvalue weighted by Crippen LogP contribution is -2.39. The first-order valence-electron chi connectivity index (χ1n) is 5.61. The van der Waals surface area contributed by atoms with E-state index in [0.717, 1.165) is 0 Å². The van der Waals surface area contributed by atoms with Crippen molar-refractivity contribution in [1.82, 2.24) is 4.90 Å². The van der Waals surface area contributed by atoms with E-state index in [4.69, 9.17) is 5.11 Å². The third kappa shape index (κ3) is 2.02. The number of aliphatic carboxylic acids is 1. The lowest BCUT2D eigenvalue weighted by atomic mass is 10.1. The zero-order chi connectivity index (χ0) is 13.5. The Labute approximate surface area is 106 Å². The van der Waals surface area contributed by atoms with E-state index < -0.39 is 27.9 Å². The van der Waals surface area contributed by atoms with Crippen LogP contribution in [0.4, 0.5) is 0 Å². The average molecular weight is 269 g/mol. The van der Waals surface area contributed by atoms with E-state index in [0.29, 0.717) is 10.5 Å². The maximum absolute atomic E-state index is 12.0. The fourth-order valence-corrected chi connectivity index (χ4v) is 4.07. The molecular formula is C12H15NO4S. The van der Waals surface area contributed by atoms with Gasteiger partial charge in [0.25, 0.3) is 0 Å². The zero-order valence-electron chi connectivity index (χ0n) is 10.2. The Bertz CT molecular complexity index is 581. The summed E-state index contributed by atoms with van der Waals surface area (Å²) in [6.45, 7) is 1.55. The molecule has 1 aromatic carbocycles. The molecule has 2 unspecified atom stereocenters. The Morgan fingerprint density at radius 1 is 1.44 bits per heavy atom. The first-order valence-corrected chi connectivity index (χ1v) is 7.26. The third-order valence-electron chi connectivity index (χ3n) is 3.45. The highest BCUT2D eigenvalue weighted by atomic mass is 32.2. The van der Waals surface area contributed by atoms with Crippen LogP contribution in [-0.4, -0.2) is 43.2 Å². The molecule has 6 heteroatoms. The molecule has 2 atom stereocenters. The van der Waals surface area contributed by atoms with Crippen molar-refractivity contribution in [2.45, 2.75) is 23.9 Å². The van der Waals surface area contributed by atoms with Gasteiger partial charge in [-0.3, -0.25) is 9.69 Å². The lowest BCUT2D eigenvalue weighted by molar-refractivity contribution is -0.142. The molecule has 1 heterocycles.